The van der Waals surface area contributed by atoms with Crippen LogP contribution in [-0.4, -0.2) is 36.0 Å². The largest absolute Gasteiger partial charge is 0.478 e. The number of nitro benzene ring substituents is 1. The molecule has 0 bridgehead atoms. The Morgan fingerprint density at radius 2 is 1.93 bits per heavy atom. The SMILES string of the molecule is Cc1c(-c2cnc3ccc(Br)cc3c2C(=O)O)nnn1-c1ccc([N+](=O)[O-])cc1. The summed E-state index contributed by atoms with van der Waals surface area (Å²) >= 11 is 3.36. The molecule has 0 spiro atoms. The predicted octanol–water partition coefficient (Wildman–Crippen LogP) is 4.16. The van der Waals surface area contributed by atoms with Crippen LogP contribution >= 0.6 is 15.9 Å². The minimum atomic E-state index is -1.10. The molecule has 10 heteroatoms. The molecule has 2 aromatic heterocycles. The summed E-state index contributed by atoms with van der Waals surface area (Å²) in [5.41, 5.74) is 2.45. The van der Waals surface area contributed by atoms with Crippen LogP contribution in [0.4, 0.5) is 5.69 Å². The third kappa shape index (κ3) is 3.23. The average Bonchev–Trinajstić information content (AvgIpc) is 3.08. The summed E-state index contributed by atoms with van der Waals surface area (Å²) in [6, 6.07) is 11.1. The molecule has 4 rings (SSSR count). The van der Waals surface area contributed by atoms with E-state index in [1.807, 2.05) is 0 Å². The number of carboxylic acids is 1. The second-order valence-corrected chi connectivity index (χ2v) is 7.14. The number of halogens is 1. The Bertz CT molecular complexity index is 1280. The van der Waals surface area contributed by atoms with Gasteiger partial charge in [0, 0.05) is 33.8 Å². The van der Waals surface area contributed by atoms with Gasteiger partial charge in [-0.2, -0.15) is 0 Å². The van der Waals surface area contributed by atoms with Crippen LogP contribution in [0.15, 0.2) is 53.1 Å². The van der Waals surface area contributed by atoms with Gasteiger partial charge in [-0.05, 0) is 37.3 Å². The summed E-state index contributed by atoms with van der Waals surface area (Å²) in [5.74, 6) is -1.10. The van der Waals surface area contributed by atoms with Gasteiger partial charge in [0.15, 0.2) is 0 Å². The number of aromatic carboxylic acids is 1. The first-order valence-electron chi connectivity index (χ1n) is 8.36. The molecule has 144 valence electrons. The van der Waals surface area contributed by atoms with Crippen molar-refractivity contribution < 1.29 is 14.8 Å². The van der Waals surface area contributed by atoms with Crippen LogP contribution < -0.4 is 0 Å². The van der Waals surface area contributed by atoms with Crippen molar-refractivity contribution in [1.82, 2.24) is 20.0 Å². The molecular weight excluding hydrogens is 442 g/mol. The minimum Gasteiger partial charge on any atom is -0.478 e. The number of pyridine rings is 1. The number of non-ortho nitro benzene ring substituents is 1. The van der Waals surface area contributed by atoms with E-state index in [9.17, 15) is 20.0 Å². The fourth-order valence-corrected chi connectivity index (χ4v) is 3.47. The number of nitro groups is 1. The number of aromatic nitrogens is 4. The number of fused-ring (bicyclic) bond motifs is 1. The number of benzene rings is 2. The number of carboxylic acid groups (broad SMARTS) is 1. The van der Waals surface area contributed by atoms with Gasteiger partial charge in [-0.1, -0.05) is 21.1 Å². The van der Waals surface area contributed by atoms with E-state index >= 15 is 0 Å². The molecule has 0 amide bonds. The first kappa shape index (κ1) is 18.7. The van der Waals surface area contributed by atoms with Crippen molar-refractivity contribution in [1.29, 1.82) is 0 Å². The average molecular weight is 454 g/mol. The van der Waals surface area contributed by atoms with E-state index in [1.165, 1.54) is 23.0 Å². The number of carbonyl (C=O) groups is 1. The highest BCUT2D eigenvalue weighted by atomic mass is 79.9. The van der Waals surface area contributed by atoms with E-state index in [0.717, 1.165) is 4.47 Å². The molecule has 9 nitrogen and oxygen atoms in total. The molecular formula is C19H12BrN5O4. The third-order valence-electron chi connectivity index (χ3n) is 4.50. The zero-order valence-electron chi connectivity index (χ0n) is 14.9. The van der Waals surface area contributed by atoms with Gasteiger partial charge in [0.1, 0.15) is 5.69 Å². The zero-order valence-corrected chi connectivity index (χ0v) is 16.5. The molecule has 0 atom stereocenters. The van der Waals surface area contributed by atoms with Crippen LogP contribution in [0.2, 0.25) is 0 Å². The smallest absolute Gasteiger partial charge is 0.337 e. The highest BCUT2D eigenvalue weighted by molar-refractivity contribution is 9.10. The molecule has 0 fully saturated rings. The Balaban J connectivity index is 1.88. The summed E-state index contributed by atoms with van der Waals surface area (Å²) < 4.78 is 2.23. The Hall–Kier alpha value is -3.66. The quantitative estimate of drug-likeness (QED) is 0.363. The van der Waals surface area contributed by atoms with Crippen molar-refractivity contribution in [3.8, 4) is 16.9 Å². The molecule has 0 aliphatic carbocycles. The van der Waals surface area contributed by atoms with E-state index in [0.29, 0.717) is 33.5 Å². The Morgan fingerprint density at radius 3 is 2.59 bits per heavy atom. The van der Waals surface area contributed by atoms with Crippen molar-refractivity contribution in [3.05, 3.63) is 74.5 Å². The molecule has 4 aromatic rings. The van der Waals surface area contributed by atoms with Gasteiger partial charge >= 0.3 is 5.97 Å². The third-order valence-corrected chi connectivity index (χ3v) is 4.99. The zero-order chi connectivity index (χ0) is 20.7. The van der Waals surface area contributed by atoms with E-state index in [4.69, 9.17) is 0 Å². The van der Waals surface area contributed by atoms with Crippen molar-refractivity contribution in [2.45, 2.75) is 6.92 Å². The van der Waals surface area contributed by atoms with E-state index in [1.54, 1.807) is 37.3 Å². The highest BCUT2D eigenvalue weighted by Gasteiger charge is 2.22. The van der Waals surface area contributed by atoms with Crippen LogP contribution in [0.25, 0.3) is 27.8 Å². The summed E-state index contributed by atoms with van der Waals surface area (Å²) in [6.45, 7) is 1.74. The number of rotatable bonds is 4. The molecule has 0 saturated heterocycles. The lowest BCUT2D eigenvalue weighted by molar-refractivity contribution is -0.384. The fourth-order valence-electron chi connectivity index (χ4n) is 3.11. The summed E-state index contributed by atoms with van der Waals surface area (Å²) in [4.78, 5) is 26.8. The standard InChI is InChI=1S/C19H12BrN5O4/c1-10-18(22-23-24(10)12-3-5-13(6-4-12)25(28)29)15-9-21-16-7-2-11(20)8-14(16)17(15)19(26)27/h2-9H,1H3,(H,26,27). The Labute approximate surface area is 171 Å². The van der Waals surface area contributed by atoms with Crippen molar-refractivity contribution >= 4 is 38.5 Å². The molecule has 2 heterocycles. The van der Waals surface area contributed by atoms with Crippen LogP contribution in [0.3, 0.4) is 0 Å². The molecule has 0 unspecified atom stereocenters. The molecule has 0 aliphatic heterocycles. The van der Waals surface area contributed by atoms with Crippen molar-refractivity contribution in [2.24, 2.45) is 0 Å². The second-order valence-electron chi connectivity index (χ2n) is 6.22. The summed E-state index contributed by atoms with van der Waals surface area (Å²) in [7, 11) is 0. The predicted molar refractivity (Wildman–Crippen MR) is 108 cm³/mol. The maximum Gasteiger partial charge on any atom is 0.337 e. The van der Waals surface area contributed by atoms with E-state index in [-0.39, 0.29) is 11.3 Å². The highest BCUT2D eigenvalue weighted by Crippen LogP contribution is 2.32. The van der Waals surface area contributed by atoms with Crippen LogP contribution in [0, 0.1) is 17.0 Å². The monoisotopic (exact) mass is 453 g/mol. The lowest BCUT2D eigenvalue weighted by Crippen LogP contribution is -2.04. The van der Waals surface area contributed by atoms with Crippen LogP contribution in [0.5, 0.6) is 0 Å². The van der Waals surface area contributed by atoms with E-state index < -0.39 is 10.9 Å². The van der Waals surface area contributed by atoms with Gasteiger partial charge in [-0.15, -0.1) is 5.10 Å². The molecule has 0 radical (unpaired) electrons. The number of hydrogen-bond acceptors (Lipinski definition) is 6. The molecule has 0 saturated carbocycles. The molecule has 2 aromatic carbocycles. The normalized spacial score (nSPS) is 11.0. The maximum absolute atomic E-state index is 12.0. The first-order chi connectivity index (χ1) is 13.9. The van der Waals surface area contributed by atoms with Crippen LogP contribution in [-0.2, 0) is 0 Å². The van der Waals surface area contributed by atoms with Gasteiger partial charge in [-0.25, -0.2) is 9.48 Å². The first-order valence-corrected chi connectivity index (χ1v) is 9.15. The number of hydrogen-bond donors (Lipinski definition) is 1. The Kier molecular flexibility index (Phi) is 4.55. The molecule has 0 aliphatic rings. The van der Waals surface area contributed by atoms with Gasteiger partial charge in [-0.3, -0.25) is 15.1 Å². The van der Waals surface area contributed by atoms with Gasteiger partial charge in [0.05, 0.1) is 27.4 Å². The van der Waals surface area contributed by atoms with Crippen molar-refractivity contribution in [3.63, 3.8) is 0 Å². The van der Waals surface area contributed by atoms with Gasteiger partial charge in [0.2, 0.25) is 0 Å². The summed E-state index contributed by atoms with van der Waals surface area (Å²) in [5, 5.41) is 29.4. The molecule has 29 heavy (non-hydrogen) atoms. The summed E-state index contributed by atoms with van der Waals surface area (Å²) in [6.07, 6.45) is 1.47. The topological polar surface area (TPSA) is 124 Å². The minimum absolute atomic E-state index is 0.0378. The number of nitrogens with zero attached hydrogens (tertiary/aromatic N) is 5. The second kappa shape index (κ2) is 7.06. The van der Waals surface area contributed by atoms with Gasteiger partial charge in [0.25, 0.3) is 5.69 Å². The fraction of sp³-hybridized carbons (Fsp3) is 0.0526. The Morgan fingerprint density at radius 1 is 1.21 bits per heavy atom. The van der Waals surface area contributed by atoms with Gasteiger partial charge < -0.3 is 5.11 Å². The van der Waals surface area contributed by atoms with Crippen molar-refractivity contribution in [2.75, 3.05) is 0 Å². The molecule has 1 N–H and O–H groups in total. The maximum atomic E-state index is 12.0. The van der Waals surface area contributed by atoms with Crippen LogP contribution in [0.1, 0.15) is 16.1 Å². The lowest BCUT2D eigenvalue weighted by atomic mass is 10.0. The lowest BCUT2D eigenvalue weighted by Gasteiger charge is -2.09. The van der Waals surface area contributed by atoms with E-state index in [2.05, 4.69) is 31.2 Å².